The van der Waals surface area contributed by atoms with Gasteiger partial charge in [-0.2, -0.15) is 5.10 Å². The number of aromatic nitrogens is 2. The van der Waals surface area contributed by atoms with Crippen LogP contribution in [0.3, 0.4) is 0 Å². The molecule has 7 atom stereocenters. The summed E-state index contributed by atoms with van der Waals surface area (Å²) in [5.41, 5.74) is 1.35. The largest absolute Gasteiger partial charge is 0.479 e. The molecular weight excluding hydrogens is 435 g/mol. The number of nitrogens with zero attached hydrogens (tertiary/aromatic N) is 2. The highest BCUT2D eigenvalue weighted by Crippen LogP contribution is 2.67. The molecule has 3 fully saturated rings. The maximum atomic E-state index is 13.4. The van der Waals surface area contributed by atoms with Crippen LogP contribution >= 0.6 is 0 Å². The molecule has 1 heterocycles. The van der Waals surface area contributed by atoms with Crippen molar-refractivity contribution in [3.05, 3.63) is 53.1 Å². The molecule has 4 aliphatic rings. The van der Waals surface area contributed by atoms with Gasteiger partial charge >= 0.3 is 5.97 Å². The molecule has 0 amide bonds. The van der Waals surface area contributed by atoms with Crippen LogP contribution in [-0.4, -0.2) is 42.8 Å². The number of rotatable bonds is 2. The van der Waals surface area contributed by atoms with E-state index in [-0.39, 0.29) is 35.4 Å². The number of hydrogen-bond acceptors (Lipinski definition) is 4. The van der Waals surface area contributed by atoms with Crippen molar-refractivity contribution < 1.29 is 24.5 Å². The minimum atomic E-state index is -1.78. The Morgan fingerprint density at radius 2 is 1.94 bits per heavy atom. The average molecular weight is 467 g/mol. The molecule has 34 heavy (non-hydrogen) atoms. The van der Waals surface area contributed by atoms with E-state index in [2.05, 4.69) is 18.1 Å². The minimum absolute atomic E-state index is 0.00374. The zero-order valence-corrected chi connectivity index (χ0v) is 19.5. The summed E-state index contributed by atoms with van der Waals surface area (Å²) in [6.45, 7) is 4.11. The molecule has 0 spiro atoms. The number of aliphatic hydroxyl groups is 2. The Bertz CT molecular complexity index is 1210. The lowest BCUT2D eigenvalue weighted by atomic mass is 9.45. The molecule has 3 unspecified atom stereocenters. The summed E-state index contributed by atoms with van der Waals surface area (Å²) in [5, 5.41) is 37.1. The maximum Gasteiger partial charge on any atom is 0.336 e. The Labute approximate surface area is 198 Å². The van der Waals surface area contributed by atoms with Gasteiger partial charge in [-0.05, 0) is 97.6 Å². The quantitative estimate of drug-likeness (QED) is 0.622. The van der Waals surface area contributed by atoms with Gasteiger partial charge in [-0.3, -0.25) is 0 Å². The number of aliphatic carboxylic acids is 1. The van der Waals surface area contributed by atoms with Crippen LogP contribution in [0.2, 0.25) is 0 Å². The third-order valence-electron chi connectivity index (χ3n) is 10.0. The Balaban J connectivity index is 1.38. The summed E-state index contributed by atoms with van der Waals surface area (Å²) < 4.78 is 15.3. The van der Waals surface area contributed by atoms with Gasteiger partial charge in [0.05, 0.1) is 23.7 Å². The zero-order valence-electron chi connectivity index (χ0n) is 19.5. The highest BCUT2D eigenvalue weighted by Gasteiger charge is 2.68. The fraction of sp³-hybridized carbons (Fsp3) is 0.556. The van der Waals surface area contributed by atoms with Gasteiger partial charge in [0, 0.05) is 5.41 Å². The second-order valence-electron chi connectivity index (χ2n) is 11.4. The van der Waals surface area contributed by atoms with E-state index in [4.69, 9.17) is 0 Å². The Kier molecular flexibility index (Phi) is 4.53. The third-order valence-corrected chi connectivity index (χ3v) is 10.0. The van der Waals surface area contributed by atoms with E-state index >= 15 is 0 Å². The monoisotopic (exact) mass is 466 g/mol. The van der Waals surface area contributed by atoms with Crippen molar-refractivity contribution >= 4 is 12.0 Å². The van der Waals surface area contributed by atoms with Crippen molar-refractivity contribution in [1.82, 2.24) is 9.78 Å². The van der Waals surface area contributed by atoms with Crippen molar-refractivity contribution in [2.75, 3.05) is 0 Å². The third kappa shape index (κ3) is 2.68. The Morgan fingerprint density at radius 3 is 2.65 bits per heavy atom. The normalized spacial score (nSPS) is 40.6. The smallest absolute Gasteiger partial charge is 0.336 e. The molecule has 4 aliphatic carbocycles. The van der Waals surface area contributed by atoms with Crippen molar-refractivity contribution in [2.24, 2.45) is 28.6 Å². The molecule has 0 bridgehead atoms. The molecule has 0 saturated heterocycles. The van der Waals surface area contributed by atoms with Gasteiger partial charge < -0.3 is 15.3 Å². The van der Waals surface area contributed by atoms with Gasteiger partial charge in [-0.15, -0.1) is 0 Å². The second-order valence-corrected chi connectivity index (χ2v) is 11.4. The van der Waals surface area contributed by atoms with Gasteiger partial charge in [0.25, 0.3) is 0 Å². The highest BCUT2D eigenvalue weighted by atomic mass is 19.1. The van der Waals surface area contributed by atoms with E-state index in [1.165, 1.54) is 17.7 Å². The van der Waals surface area contributed by atoms with Crippen LogP contribution < -0.4 is 0 Å². The van der Waals surface area contributed by atoms with E-state index in [0.717, 1.165) is 36.2 Å². The molecule has 180 valence electrons. The lowest BCUT2D eigenvalue weighted by molar-refractivity contribution is -0.193. The van der Waals surface area contributed by atoms with Crippen LogP contribution in [0.4, 0.5) is 4.39 Å². The van der Waals surface area contributed by atoms with Gasteiger partial charge in [0.2, 0.25) is 0 Å². The number of halogens is 1. The first kappa shape index (κ1) is 22.0. The van der Waals surface area contributed by atoms with Gasteiger partial charge in [0.15, 0.2) is 5.60 Å². The van der Waals surface area contributed by atoms with E-state index in [0.29, 0.717) is 12.8 Å². The predicted molar refractivity (Wildman–Crippen MR) is 124 cm³/mol. The average Bonchev–Trinajstić information content (AvgIpc) is 3.30. The molecular formula is C27H31FN2O4. The van der Waals surface area contributed by atoms with Crippen LogP contribution in [0.5, 0.6) is 0 Å². The van der Waals surface area contributed by atoms with E-state index < -0.39 is 23.1 Å². The maximum absolute atomic E-state index is 13.4. The fourth-order valence-corrected chi connectivity index (χ4v) is 8.33. The van der Waals surface area contributed by atoms with Crippen molar-refractivity contribution in [2.45, 2.75) is 64.1 Å². The number of allylic oxidation sites excluding steroid dienone is 1. The number of aliphatic hydroxyl groups excluding tert-OH is 1. The summed E-state index contributed by atoms with van der Waals surface area (Å²) in [6, 6.07) is 6.32. The van der Waals surface area contributed by atoms with Gasteiger partial charge in [-0.1, -0.05) is 19.4 Å². The number of carboxylic acids is 1. The molecule has 0 aliphatic heterocycles. The van der Waals surface area contributed by atoms with E-state index in [1.54, 1.807) is 12.1 Å². The predicted octanol–water partition coefficient (Wildman–Crippen LogP) is 3.98. The first-order valence-corrected chi connectivity index (χ1v) is 12.3. The minimum Gasteiger partial charge on any atom is -0.479 e. The first-order chi connectivity index (χ1) is 16.1. The highest BCUT2D eigenvalue weighted by molar-refractivity contribution is 5.79. The Morgan fingerprint density at radius 1 is 1.21 bits per heavy atom. The number of carbonyl (C=O) groups is 1. The van der Waals surface area contributed by atoms with Crippen LogP contribution in [0, 0.1) is 34.4 Å². The van der Waals surface area contributed by atoms with Crippen molar-refractivity contribution in [1.29, 1.82) is 0 Å². The molecule has 3 N–H and O–H groups in total. The van der Waals surface area contributed by atoms with Gasteiger partial charge in [-0.25, -0.2) is 13.9 Å². The zero-order chi connectivity index (χ0) is 24.0. The summed E-state index contributed by atoms with van der Waals surface area (Å²) in [5.74, 6) is -1.21. The molecule has 2 aromatic rings. The fourth-order valence-electron chi connectivity index (χ4n) is 8.33. The lowest BCUT2D eigenvalue weighted by Gasteiger charge is -2.60. The number of benzene rings is 1. The molecule has 1 aromatic carbocycles. The molecule has 1 aromatic heterocycles. The van der Waals surface area contributed by atoms with E-state index in [9.17, 15) is 24.5 Å². The summed E-state index contributed by atoms with van der Waals surface area (Å²) in [4.78, 5) is 12.0. The summed E-state index contributed by atoms with van der Waals surface area (Å²) in [7, 11) is 0. The van der Waals surface area contributed by atoms with E-state index in [1.807, 2.05) is 17.8 Å². The van der Waals surface area contributed by atoms with Gasteiger partial charge in [0.1, 0.15) is 5.82 Å². The van der Waals surface area contributed by atoms with Crippen LogP contribution in [-0.2, 0) is 11.2 Å². The first-order valence-electron chi connectivity index (χ1n) is 12.3. The molecule has 0 radical (unpaired) electrons. The van der Waals surface area contributed by atoms with Crippen molar-refractivity contribution in [3.8, 4) is 5.69 Å². The Hall–Kier alpha value is -2.51. The SMILES string of the molecule is C[C@]12Cc3cnn(-c4ccc(F)cc4)c3C=C1CCC1[C@@H]2C(O)C[C@@]2(C)[C@H]1CCC2(O)C(=O)O. The lowest BCUT2D eigenvalue weighted by Crippen LogP contribution is -2.61. The summed E-state index contributed by atoms with van der Waals surface area (Å²) >= 11 is 0. The number of fused-ring (bicyclic) bond motifs is 6. The number of hydrogen-bond donors (Lipinski definition) is 3. The van der Waals surface area contributed by atoms with Crippen LogP contribution in [0.15, 0.2) is 36.0 Å². The standard InChI is InChI=1S/C27H31FN2O4/c1-25-12-15-14-29-30(18-6-4-17(28)5-7-18)21(15)11-16(25)3-8-19-20-9-10-27(34,24(32)33)26(20,2)13-22(31)23(19)25/h4-7,11,14,19-20,22-23,31,34H,3,8-10,12-13H2,1-2H3,(H,32,33)/t19?,20-,22?,23+,25-,26-,27?/m0/s1. The number of carboxylic acid groups (broad SMARTS) is 1. The topological polar surface area (TPSA) is 95.6 Å². The molecule has 3 saturated carbocycles. The molecule has 7 heteroatoms. The molecule has 6 rings (SSSR count). The molecule has 6 nitrogen and oxygen atoms in total. The summed E-state index contributed by atoms with van der Waals surface area (Å²) in [6.07, 6.45) is 7.11. The van der Waals surface area contributed by atoms with Crippen LogP contribution in [0.1, 0.15) is 57.2 Å². The van der Waals surface area contributed by atoms with Crippen molar-refractivity contribution in [3.63, 3.8) is 0 Å². The van der Waals surface area contributed by atoms with Crippen LogP contribution in [0.25, 0.3) is 11.8 Å². The second kappa shape index (κ2) is 7.01.